The number of sulfonamides is 1. The van der Waals surface area contributed by atoms with Gasteiger partial charge in [-0.05, 0) is 80.1 Å². The Morgan fingerprint density at radius 1 is 0.889 bits per heavy atom. The van der Waals surface area contributed by atoms with Crippen LogP contribution in [0.3, 0.4) is 0 Å². The maximum atomic E-state index is 13.7. The number of thiophene rings is 1. The molecule has 0 spiro atoms. The number of aryl methyl sites for hydroxylation is 1. The maximum absolute atomic E-state index is 13.7. The number of nitrogens with one attached hydrogen (secondary N) is 1. The Morgan fingerprint density at radius 2 is 1.60 bits per heavy atom. The van der Waals surface area contributed by atoms with Crippen LogP contribution in [0.4, 0.5) is 10.7 Å². The van der Waals surface area contributed by atoms with Gasteiger partial charge in [-0.2, -0.15) is 0 Å². The van der Waals surface area contributed by atoms with Crippen molar-refractivity contribution < 1.29 is 18.0 Å². The number of fused-ring (bicyclic) bond motifs is 2. The average molecular weight is 643 g/mol. The highest BCUT2D eigenvalue weighted by atomic mass is 32.2. The molecule has 0 saturated carbocycles. The minimum absolute atomic E-state index is 0.0763. The van der Waals surface area contributed by atoms with Crippen LogP contribution in [0.1, 0.15) is 62.6 Å². The van der Waals surface area contributed by atoms with E-state index in [0.717, 1.165) is 48.4 Å². The van der Waals surface area contributed by atoms with E-state index in [0.29, 0.717) is 48.0 Å². The number of anilines is 2. The number of nitrogens with zero attached hydrogens (tertiary/aromatic N) is 3. The van der Waals surface area contributed by atoms with Gasteiger partial charge in [-0.1, -0.05) is 48.5 Å². The molecular formula is C35H38N4O4S2. The number of hydrogen-bond acceptors (Lipinski definition) is 6. The average Bonchev–Trinajstić information content (AvgIpc) is 3.42. The van der Waals surface area contributed by atoms with Gasteiger partial charge in [-0.15, -0.1) is 11.3 Å². The molecule has 0 aliphatic carbocycles. The van der Waals surface area contributed by atoms with E-state index in [-0.39, 0.29) is 16.7 Å². The Kier molecular flexibility index (Phi) is 9.07. The summed E-state index contributed by atoms with van der Waals surface area (Å²) in [6.07, 6.45) is 2.32. The molecular weight excluding hydrogens is 605 g/mol. The minimum Gasteiger partial charge on any atom is -0.339 e. The highest BCUT2D eigenvalue weighted by Crippen LogP contribution is 2.39. The van der Waals surface area contributed by atoms with Crippen molar-refractivity contribution in [1.82, 2.24) is 9.80 Å². The van der Waals surface area contributed by atoms with Crippen molar-refractivity contribution in [3.63, 3.8) is 0 Å². The zero-order chi connectivity index (χ0) is 31.6. The van der Waals surface area contributed by atoms with Gasteiger partial charge in [0.25, 0.3) is 21.8 Å². The molecule has 1 N–H and O–H groups in total. The van der Waals surface area contributed by atoms with Crippen molar-refractivity contribution in [2.24, 2.45) is 0 Å². The number of carbonyl (C=O) groups is 2. The summed E-state index contributed by atoms with van der Waals surface area (Å²) in [5, 5.41) is 3.57. The minimum atomic E-state index is -3.79. The van der Waals surface area contributed by atoms with Crippen LogP contribution in [0, 0.1) is 0 Å². The summed E-state index contributed by atoms with van der Waals surface area (Å²) in [4.78, 5) is 32.7. The van der Waals surface area contributed by atoms with Crippen LogP contribution in [-0.4, -0.2) is 56.2 Å². The normalized spacial score (nSPS) is 14.8. The summed E-state index contributed by atoms with van der Waals surface area (Å²) in [7, 11) is -3.79. The molecule has 0 unspecified atom stereocenters. The van der Waals surface area contributed by atoms with E-state index in [2.05, 4.69) is 22.3 Å². The van der Waals surface area contributed by atoms with E-state index in [1.807, 2.05) is 56.3 Å². The molecule has 0 atom stereocenters. The fourth-order valence-electron chi connectivity index (χ4n) is 6.25. The molecule has 2 aliphatic heterocycles. The first-order chi connectivity index (χ1) is 21.8. The maximum Gasteiger partial charge on any atom is 0.264 e. The van der Waals surface area contributed by atoms with E-state index in [4.69, 9.17) is 0 Å². The molecule has 0 radical (unpaired) electrons. The summed E-state index contributed by atoms with van der Waals surface area (Å²) in [5.74, 6) is -0.455. The Labute approximate surface area is 269 Å². The van der Waals surface area contributed by atoms with E-state index in [1.165, 1.54) is 33.3 Å². The number of para-hydroxylation sites is 1. The Morgan fingerprint density at radius 3 is 2.33 bits per heavy atom. The van der Waals surface area contributed by atoms with Gasteiger partial charge >= 0.3 is 0 Å². The van der Waals surface area contributed by atoms with Crippen LogP contribution in [0.2, 0.25) is 0 Å². The van der Waals surface area contributed by atoms with E-state index in [9.17, 15) is 18.0 Å². The fraction of sp³-hybridized carbons (Fsp3) is 0.314. The standard InChI is InChI=1S/C35H38N4O4S2/c1-3-38(4-2)35(41)32-29-20-22-37(23-25-11-6-5-7-12-25)24-31(29)44-34(32)36-33(40)27-16-18-28(19-17-27)45(42,43)39-21-10-14-26-13-8-9-15-30(26)39/h5-9,11-13,15-19H,3-4,10,14,20-24H2,1-2H3,(H,36,40). The number of amides is 2. The van der Waals surface area contributed by atoms with Gasteiger partial charge in [0, 0.05) is 49.7 Å². The van der Waals surface area contributed by atoms with Crippen molar-refractivity contribution in [1.29, 1.82) is 0 Å². The van der Waals surface area contributed by atoms with Gasteiger partial charge in [0.1, 0.15) is 5.00 Å². The number of rotatable bonds is 9. The smallest absolute Gasteiger partial charge is 0.264 e. The highest BCUT2D eigenvalue weighted by Gasteiger charge is 2.32. The first-order valence-electron chi connectivity index (χ1n) is 15.5. The summed E-state index contributed by atoms with van der Waals surface area (Å²) in [6.45, 7) is 7.82. The van der Waals surface area contributed by atoms with Gasteiger partial charge in [0.2, 0.25) is 0 Å². The van der Waals surface area contributed by atoms with Crippen LogP contribution >= 0.6 is 11.3 Å². The van der Waals surface area contributed by atoms with Gasteiger partial charge in [-0.3, -0.25) is 18.8 Å². The SMILES string of the molecule is CCN(CC)C(=O)c1c(NC(=O)c2ccc(S(=O)(=O)N3CCCc4ccccc43)cc2)sc2c1CCN(Cc1ccccc1)C2. The summed E-state index contributed by atoms with van der Waals surface area (Å²) < 4.78 is 28.7. The Balaban J connectivity index is 1.24. The second-order valence-electron chi connectivity index (χ2n) is 11.4. The zero-order valence-corrected chi connectivity index (χ0v) is 27.3. The second-order valence-corrected chi connectivity index (χ2v) is 14.4. The molecule has 0 fully saturated rings. The molecule has 0 bridgehead atoms. The molecule has 3 heterocycles. The van der Waals surface area contributed by atoms with Crippen molar-refractivity contribution in [2.45, 2.75) is 51.1 Å². The van der Waals surface area contributed by atoms with Gasteiger partial charge < -0.3 is 10.2 Å². The fourth-order valence-corrected chi connectivity index (χ4v) is 9.06. The molecule has 0 saturated heterocycles. The van der Waals surface area contributed by atoms with Crippen molar-refractivity contribution >= 4 is 43.9 Å². The van der Waals surface area contributed by atoms with Crippen LogP contribution in [0.5, 0.6) is 0 Å². The topological polar surface area (TPSA) is 90.0 Å². The molecule has 45 heavy (non-hydrogen) atoms. The molecule has 6 rings (SSSR count). The predicted octanol–water partition coefficient (Wildman–Crippen LogP) is 6.18. The molecule has 4 aromatic rings. The third-order valence-corrected chi connectivity index (χ3v) is 11.6. The van der Waals surface area contributed by atoms with Crippen molar-refractivity contribution in [2.75, 3.05) is 35.8 Å². The summed E-state index contributed by atoms with van der Waals surface area (Å²) >= 11 is 1.46. The molecule has 8 nitrogen and oxygen atoms in total. The van der Waals surface area contributed by atoms with Crippen LogP contribution in [-0.2, 0) is 36.0 Å². The molecule has 10 heteroatoms. The lowest BCUT2D eigenvalue weighted by atomic mass is 10.0. The molecule has 1 aromatic heterocycles. The summed E-state index contributed by atoms with van der Waals surface area (Å²) in [6, 6.07) is 24.0. The lowest BCUT2D eigenvalue weighted by Crippen LogP contribution is -2.35. The molecule has 2 aliphatic rings. The van der Waals surface area contributed by atoms with Gasteiger partial charge in [-0.25, -0.2) is 8.42 Å². The predicted molar refractivity (Wildman–Crippen MR) is 180 cm³/mol. The lowest BCUT2D eigenvalue weighted by Gasteiger charge is -2.30. The third kappa shape index (κ3) is 6.27. The number of benzene rings is 3. The van der Waals surface area contributed by atoms with E-state index in [1.54, 1.807) is 17.0 Å². The van der Waals surface area contributed by atoms with Crippen LogP contribution in [0.25, 0.3) is 0 Å². The molecule has 2 amide bonds. The van der Waals surface area contributed by atoms with E-state index >= 15 is 0 Å². The molecule has 3 aromatic carbocycles. The van der Waals surface area contributed by atoms with Crippen LogP contribution < -0.4 is 9.62 Å². The van der Waals surface area contributed by atoms with Gasteiger partial charge in [0.15, 0.2) is 0 Å². The quantitative estimate of drug-likeness (QED) is 0.236. The van der Waals surface area contributed by atoms with Crippen LogP contribution in [0.15, 0.2) is 83.8 Å². The second kappa shape index (κ2) is 13.2. The largest absolute Gasteiger partial charge is 0.339 e. The lowest BCUT2D eigenvalue weighted by molar-refractivity contribution is 0.0772. The van der Waals surface area contributed by atoms with Crippen molar-refractivity contribution in [3.8, 4) is 0 Å². The zero-order valence-electron chi connectivity index (χ0n) is 25.7. The Hall–Kier alpha value is -3.99. The monoisotopic (exact) mass is 642 g/mol. The summed E-state index contributed by atoms with van der Waals surface area (Å²) in [5.41, 5.74) is 4.88. The molecule has 234 valence electrons. The first-order valence-corrected chi connectivity index (χ1v) is 17.8. The highest BCUT2D eigenvalue weighted by molar-refractivity contribution is 7.92. The van der Waals surface area contributed by atoms with Crippen molar-refractivity contribution in [3.05, 3.63) is 112 Å². The number of hydrogen-bond donors (Lipinski definition) is 1. The number of carbonyl (C=O) groups excluding carboxylic acids is 2. The van der Waals surface area contributed by atoms with Gasteiger partial charge in [0.05, 0.1) is 16.1 Å². The third-order valence-electron chi connectivity index (χ3n) is 8.65. The van der Waals surface area contributed by atoms with E-state index < -0.39 is 10.0 Å². The Bertz CT molecular complexity index is 1800. The first kappa shape index (κ1) is 31.0.